The fraction of sp³-hybridized carbons (Fsp3) is 0.122. The molecular formula is C41H40N3O11P3. The Morgan fingerprint density at radius 2 is 0.724 bits per heavy atom. The maximum absolute atomic E-state index is 6.99. The van der Waals surface area contributed by atoms with Gasteiger partial charge in [-0.3, -0.25) is 0 Å². The van der Waals surface area contributed by atoms with Crippen LogP contribution in [0.3, 0.4) is 0 Å². The minimum Gasteiger partial charge on any atom is -0.497 e. The fourth-order valence-electron chi connectivity index (χ4n) is 5.11. The standard InChI is InChI=1S/C41H40N3O11P3/c1-45-31-11-21-36(22-12-31)50-43-56(52-38-25-15-33(47-3)16-26-38)42-58(54-40-9-7-6-8-10-40,55-41-29-19-35(49-5)20-30-41)44(51-37-23-13-32(46-2)14-24-37)57(43)53-39-27-17-34(48-4)18-28-39/h6-30H,1-5H3. The molecule has 58 heavy (non-hydrogen) atoms. The van der Waals surface area contributed by atoms with Gasteiger partial charge in [-0.2, -0.15) is 0 Å². The van der Waals surface area contributed by atoms with Gasteiger partial charge in [0, 0.05) is 9.21 Å². The van der Waals surface area contributed by atoms with Crippen molar-refractivity contribution < 1.29 is 51.5 Å². The van der Waals surface area contributed by atoms with Gasteiger partial charge < -0.3 is 51.5 Å². The quantitative estimate of drug-likeness (QED) is 0.0811. The van der Waals surface area contributed by atoms with Gasteiger partial charge in [-0.15, -0.1) is 4.52 Å². The second kappa shape index (κ2) is 19.0. The molecule has 300 valence electrons. The van der Waals surface area contributed by atoms with Crippen molar-refractivity contribution in [1.82, 2.24) is 9.21 Å². The first kappa shape index (κ1) is 40.3. The van der Waals surface area contributed by atoms with E-state index in [4.69, 9.17) is 56.0 Å². The van der Waals surface area contributed by atoms with E-state index in [0.29, 0.717) is 63.2 Å². The molecule has 0 amide bonds. The molecule has 0 bridgehead atoms. The van der Waals surface area contributed by atoms with Crippen LogP contribution in [0.2, 0.25) is 0 Å². The molecule has 0 spiro atoms. The minimum atomic E-state index is -3.94. The molecule has 1 heterocycles. The highest BCUT2D eigenvalue weighted by Crippen LogP contribution is 2.77. The molecule has 1 aliphatic heterocycles. The van der Waals surface area contributed by atoms with Gasteiger partial charge in [-0.1, -0.05) is 18.2 Å². The Balaban J connectivity index is 1.47. The number of methoxy groups -OCH3 is 5. The van der Waals surface area contributed by atoms with Crippen molar-refractivity contribution in [1.29, 1.82) is 0 Å². The third-order valence-corrected chi connectivity index (χ3v) is 14.9. The molecule has 3 unspecified atom stereocenters. The molecule has 0 aromatic heterocycles. The van der Waals surface area contributed by atoms with Gasteiger partial charge >= 0.3 is 24.6 Å². The van der Waals surface area contributed by atoms with Crippen LogP contribution in [0.25, 0.3) is 0 Å². The molecule has 14 nitrogen and oxygen atoms in total. The van der Waals surface area contributed by atoms with Crippen molar-refractivity contribution in [3.05, 3.63) is 152 Å². The number of nitrogens with zero attached hydrogens (tertiary/aromatic N) is 3. The Morgan fingerprint density at radius 1 is 0.379 bits per heavy atom. The summed E-state index contributed by atoms with van der Waals surface area (Å²) in [4.78, 5) is 13.6. The molecule has 0 N–H and O–H groups in total. The third kappa shape index (κ3) is 9.80. The second-order valence-electron chi connectivity index (χ2n) is 11.8. The average Bonchev–Trinajstić information content (AvgIpc) is 3.27. The summed E-state index contributed by atoms with van der Waals surface area (Å²) in [6, 6.07) is 44.7. The predicted octanol–water partition coefficient (Wildman–Crippen LogP) is 11.4. The Morgan fingerprint density at radius 3 is 1.16 bits per heavy atom. The molecule has 0 saturated carbocycles. The van der Waals surface area contributed by atoms with Crippen LogP contribution in [0.1, 0.15) is 0 Å². The van der Waals surface area contributed by atoms with E-state index < -0.39 is 24.6 Å². The number of hydrogen-bond acceptors (Lipinski definition) is 14. The van der Waals surface area contributed by atoms with Crippen molar-refractivity contribution in [2.24, 2.45) is 4.52 Å². The van der Waals surface area contributed by atoms with Gasteiger partial charge in [-0.05, 0) is 133 Å². The number of benzene rings is 6. The molecule has 1 aliphatic rings. The molecule has 0 fully saturated rings. The van der Waals surface area contributed by atoms with Crippen molar-refractivity contribution >= 4 is 24.6 Å². The Bertz CT molecular complexity index is 2260. The summed E-state index contributed by atoms with van der Waals surface area (Å²) in [7, 11) is -0.518. The first-order valence-electron chi connectivity index (χ1n) is 17.6. The van der Waals surface area contributed by atoms with Crippen LogP contribution >= 0.6 is 24.6 Å². The van der Waals surface area contributed by atoms with Gasteiger partial charge in [0.15, 0.2) is 0 Å². The lowest BCUT2D eigenvalue weighted by atomic mass is 10.3. The number of rotatable bonds is 17. The average molecular weight is 844 g/mol. The lowest BCUT2D eigenvalue weighted by Gasteiger charge is -2.43. The molecule has 7 rings (SSSR count). The second-order valence-corrected chi connectivity index (χ2v) is 17.4. The van der Waals surface area contributed by atoms with Crippen molar-refractivity contribution in [2.75, 3.05) is 35.5 Å². The minimum absolute atomic E-state index is 0.396. The monoisotopic (exact) mass is 843 g/mol. The van der Waals surface area contributed by atoms with Gasteiger partial charge in [0.05, 0.1) is 35.5 Å². The molecule has 6 aromatic rings. The highest BCUT2D eigenvalue weighted by atomic mass is 31.3. The van der Waals surface area contributed by atoms with E-state index in [1.54, 1.807) is 169 Å². The zero-order valence-corrected chi connectivity index (χ0v) is 34.8. The van der Waals surface area contributed by atoms with Crippen LogP contribution in [0.5, 0.6) is 63.2 Å². The normalized spacial score (nSPS) is 17.8. The van der Waals surface area contributed by atoms with E-state index in [1.807, 2.05) is 18.2 Å². The van der Waals surface area contributed by atoms with E-state index in [9.17, 15) is 0 Å². The third-order valence-electron chi connectivity index (χ3n) is 8.08. The SMILES string of the molecule is COc1ccc(ON2P(Oc3ccc(OC)cc3)N=P(Oc3ccccc3)(Oc3ccc(OC)cc3)N(Oc3ccc(OC)cc3)P2Oc2ccc(OC)cc2)cc1. The first-order chi connectivity index (χ1) is 28.4. The molecule has 0 saturated heterocycles. The molecule has 3 atom stereocenters. The zero-order chi connectivity index (χ0) is 40.3. The van der Waals surface area contributed by atoms with Crippen LogP contribution in [0.15, 0.2) is 156 Å². The summed E-state index contributed by atoms with van der Waals surface area (Å²) in [5.74, 6) is 5.77. The van der Waals surface area contributed by atoms with Crippen molar-refractivity contribution in [2.45, 2.75) is 0 Å². The zero-order valence-electron chi connectivity index (χ0n) is 32.1. The topological polar surface area (TPSA) is 120 Å². The summed E-state index contributed by atoms with van der Waals surface area (Å²) in [6.07, 6.45) is 0. The van der Waals surface area contributed by atoms with Crippen LogP contribution in [-0.4, -0.2) is 44.8 Å². The number of ether oxygens (including phenoxy) is 5. The van der Waals surface area contributed by atoms with Crippen molar-refractivity contribution in [3.63, 3.8) is 0 Å². The Labute approximate surface area is 339 Å². The number of hydrogen-bond donors (Lipinski definition) is 0. The van der Waals surface area contributed by atoms with Gasteiger partial charge in [0.1, 0.15) is 63.2 Å². The number of para-hydroxylation sites is 1. The largest absolute Gasteiger partial charge is 0.497 e. The summed E-state index contributed by atoms with van der Waals surface area (Å²) in [5, 5.41) is 0. The predicted molar refractivity (Wildman–Crippen MR) is 222 cm³/mol. The summed E-state index contributed by atoms with van der Waals surface area (Å²) < 4.78 is 63.3. The lowest BCUT2D eigenvalue weighted by molar-refractivity contribution is 0.0545. The Kier molecular flexibility index (Phi) is 13.2. The highest BCUT2D eigenvalue weighted by molar-refractivity contribution is 7.78. The first-order valence-corrected chi connectivity index (χ1v) is 21.5. The van der Waals surface area contributed by atoms with E-state index in [-0.39, 0.29) is 0 Å². The maximum atomic E-state index is 6.99. The van der Waals surface area contributed by atoms with E-state index in [0.717, 1.165) is 0 Å². The van der Waals surface area contributed by atoms with Crippen LogP contribution in [0.4, 0.5) is 0 Å². The van der Waals surface area contributed by atoms with Crippen LogP contribution in [-0.2, 0) is 0 Å². The molecule has 0 aliphatic carbocycles. The van der Waals surface area contributed by atoms with E-state index in [2.05, 4.69) is 0 Å². The highest BCUT2D eigenvalue weighted by Gasteiger charge is 2.58. The van der Waals surface area contributed by atoms with Gasteiger partial charge in [0.2, 0.25) is 0 Å². The van der Waals surface area contributed by atoms with Gasteiger partial charge in [0.25, 0.3) is 0 Å². The molecular weight excluding hydrogens is 803 g/mol. The summed E-state index contributed by atoms with van der Waals surface area (Å²) in [6.45, 7) is 0. The lowest BCUT2D eigenvalue weighted by Crippen LogP contribution is -2.37. The van der Waals surface area contributed by atoms with E-state index in [1.165, 1.54) is 9.21 Å². The van der Waals surface area contributed by atoms with E-state index >= 15 is 0 Å². The maximum Gasteiger partial charge on any atom is 0.447 e. The van der Waals surface area contributed by atoms with Crippen molar-refractivity contribution in [3.8, 4) is 63.2 Å². The fourth-order valence-corrected chi connectivity index (χ4v) is 12.6. The van der Waals surface area contributed by atoms with Gasteiger partial charge in [-0.25, -0.2) is 0 Å². The molecule has 17 heteroatoms. The van der Waals surface area contributed by atoms with Crippen LogP contribution in [0, 0.1) is 0 Å². The molecule has 6 aromatic carbocycles. The smallest absolute Gasteiger partial charge is 0.447 e. The Hall–Kier alpha value is -5.87. The molecule has 0 radical (unpaired) electrons. The summed E-state index contributed by atoms with van der Waals surface area (Å²) >= 11 is 0. The van der Waals surface area contributed by atoms with Crippen LogP contribution < -0.4 is 51.5 Å². The summed E-state index contributed by atoms with van der Waals surface area (Å²) in [5.41, 5.74) is 0.